The minimum absolute atomic E-state index is 0.649. The Morgan fingerprint density at radius 1 is 1.40 bits per heavy atom. The number of nitrogens with zero attached hydrogens (tertiary/aromatic N) is 4. The molecule has 2 aromatic heterocycles. The first-order valence-electron chi connectivity index (χ1n) is 4.80. The van der Waals surface area contributed by atoms with Crippen LogP contribution in [0, 0.1) is 6.92 Å². The van der Waals surface area contributed by atoms with Gasteiger partial charge in [-0.3, -0.25) is 4.68 Å². The van der Waals surface area contributed by atoms with Crippen molar-refractivity contribution >= 4 is 17.0 Å². The minimum Gasteiger partial charge on any atom is -0.396 e. The molecular weight excluding hydrogens is 210 g/mol. The maximum atomic E-state index is 5.71. The van der Waals surface area contributed by atoms with Crippen molar-refractivity contribution in [3.63, 3.8) is 0 Å². The van der Waals surface area contributed by atoms with E-state index in [2.05, 4.69) is 22.2 Å². The van der Waals surface area contributed by atoms with Crippen LogP contribution in [0.4, 0.5) is 5.69 Å². The number of anilines is 1. The second-order valence-electron chi connectivity index (χ2n) is 3.31. The third-order valence-corrected chi connectivity index (χ3v) is 3.15. The van der Waals surface area contributed by atoms with Gasteiger partial charge in [-0.1, -0.05) is 18.3 Å². The lowest BCUT2D eigenvalue weighted by atomic mass is 10.4. The van der Waals surface area contributed by atoms with E-state index in [1.165, 1.54) is 0 Å². The summed E-state index contributed by atoms with van der Waals surface area (Å²) >= 11 is 1.62. The molecule has 0 saturated heterocycles. The van der Waals surface area contributed by atoms with Crippen molar-refractivity contribution in [2.24, 2.45) is 0 Å². The number of hydrogen-bond donors (Lipinski definition) is 1. The topological polar surface area (TPSA) is 69.6 Å². The predicted octanol–water partition coefficient (Wildman–Crippen LogP) is 1.24. The number of hydrogen-bond acceptors (Lipinski definition) is 5. The molecule has 2 heterocycles. The van der Waals surface area contributed by atoms with E-state index in [-0.39, 0.29) is 0 Å². The summed E-state index contributed by atoms with van der Waals surface area (Å²) in [5.41, 5.74) is 7.28. The molecule has 0 aliphatic carbocycles. The van der Waals surface area contributed by atoms with Gasteiger partial charge in [0.15, 0.2) is 0 Å². The Balaban J connectivity index is 2.14. The summed E-state index contributed by atoms with van der Waals surface area (Å²) < 4.78 is 1.80. The molecule has 0 amide bonds. The molecule has 0 aliphatic heterocycles. The van der Waals surface area contributed by atoms with Gasteiger partial charge >= 0.3 is 0 Å². The van der Waals surface area contributed by atoms with E-state index in [1.807, 2.05) is 13.1 Å². The molecule has 0 atom stereocenters. The molecule has 0 fully saturated rings. The normalized spacial score (nSPS) is 10.8. The molecule has 0 aromatic carbocycles. The highest BCUT2D eigenvalue weighted by Gasteiger charge is 2.05. The van der Waals surface area contributed by atoms with Gasteiger partial charge in [0.1, 0.15) is 10.0 Å². The number of aryl methyl sites for hydroxylation is 2. The molecule has 0 bridgehead atoms. The molecule has 15 heavy (non-hydrogen) atoms. The highest BCUT2D eigenvalue weighted by Crippen LogP contribution is 2.13. The Morgan fingerprint density at radius 3 is 2.67 bits per heavy atom. The lowest BCUT2D eigenvalue weighted by Crippen LogP contribution is -1.99. The third kappa shape index (κ3) is 2.15. The van der Waals surface area contributed by atoms with Crippen molar-refractivity contribution in [2.45, 2.75) is 26.8 Å². The molecule has 0 radical (unpaired) electrons. The average Bonchev–Trinajstić information content (AvgIpc) is 2.76. The van der Waals surface area contributed by atoms with Crippen molar-refractivity contribution in [1.82, 2.24) is 20.0 Å². The number of aromatic nitrogens is 4. The van der Waals surface area contributed by atoms with E-state index in [9.17, 15) is 0 Å². The molecule has 2 aromatic rings. The Bertz CT molecular complexity index is 439. The predicted molar refractivity (Wildman–Crippen MR) is 59.8 cm³/mol. The smallest absolute Gasteiger partial charge is 0.139 e. The van der Waals surface area contributed by atoms with E-state index < -0.39 is 0 Å². The average molecular weight is 223 g/mol. The van der Waals surface area contributed by atoms with E-state index in [4.69, 9.17) is 5.73 Å². The molecular formula is C9H13N5S. The summed E-state index contributed by atoms with van der Waals surface area (Å²) in [6.45, 7) is 4.61. The monoisotopic (exact) mass is 223 g/mol. The summed E-state index contributed by atoms with van der Waals surface area (Å²) in [7, 11) is 0. The van der Waals surface area contributed by atoms with E-state index in [0.717, 1.165) is 27.8 Å². The van der Waals surface area contributed by atoms with Gasteiger partial charge in [0.2, 0.25) is 0 Å². The van der Waals surface area contributed by atoms with Crippen LogP contribution in [0.25, 0.3) is 0 Å². The highest BCUT2D eigenvalue weighted by atomic mass is 32.1. The first kappa shape index (κ1) is 10.1. The summed E-state index contributed by atoms with van der Waals surface area (Å²) in [4.78, 5) is 0. The standard InChI is InChI=1S/C9H13N5S/c1-3-8-11-12-9(15-8)5-14-4-7(10)6(2)13-14/h4H,3,5,10H2,1-2H3. The van der Waals surface area contributed by atoms with Gasteiger partial charge in [0.05, 0.1) is 17.9 Å². The lowest BCUT2D eigenvalue weighted by Gasteiger charge is -1.94. The Morgan fingerprint density at radius 2 is 2.13 bits per heavy atom. The molecule has 5 nitrogen and oxygen atoms in total. The number of nitrogen functional groups attached to an aromatic ring is 1. The molecule has 0 saturated carbocycles. The van der Waals surface area contributed by atoms with Crippen LogP contribution >= 0.6 is 11.3 Å². The number of rotatable bonds is 3. The van der Waals surface area contributed by atoms with Crippen molar-refractivity contribution in [3.8, 4) is 0 Å². The zero-order chi connectivity index (χ0) is 10.8. The summed E-state index contributed by atoms with van der Waals surface area (Å²) in [6.07, 6.45) is 2.75. The van der Waals surface area contributed by atoms with E-state index in [1.54, 1.807) is 16.0 Å². The van der Waals surface area contributed by atoms with Crippen LogP contribution in [0.3, 0.4) is 0 Å². The van der Waals surface area contributed by atoms with Crippen molar-refractivity contribution in [1.29, 1.82) is 0 Å². The van der Waals surface area contributed by atoms with Crippen LogP contribution < -0.4 is 5.73 Å². The van der Waals surface area contributed by atoms with Crippen molar-refractivity contribution in [2.75, 3.05) is 5.73 Å². The minimum atomic E-state index is 0.649. The van der Waals surface area contributed by atoms with Crippen LogP contribution in [0.1, 0.15) is 22.6 Å². The fourth-order valence-electron chi connectivity index (χ4n) is 1.25. The van der Waals surface area contributed by atoms with Gasteiger partial charge in [0.25, 0.3) is 0 Å². The highest BCUT2D eigenvalue weighted by molar-refractivity contribution is 7.11. The Kier molecular flexibility index (Phi) is 2.68. The van der Waals surface area contributed by atoms with Crippen LogP contribution in [0.2, 0.25) is 0 Å². The number of nitrogens with two attached hydrogens (primary N) is 1. The van der Waals surface area contributed by atoms with Crippen molar-refractivity contribution in [3.05, 3.63) is 21.9 Å². The molecule has 0 spiro atoms. The summed E-state index contributed by atoms with van der Waals surface area (Å²) in [6, 6.07) is 0. The van der Waals surface area contributed by atoms with Crippen molar-refractivity contribution < 1.29 is 0 Å². The van der Waals surface area contributed by atoms with Crippen LogP contribution in [-0.2, 0) is 13.0 Å². The lowest BCUT2D eigenvalue weighted by molar-refractivity contribution is 0.670. The second kappa shape index (κ2) is 3.98. The van der Waals surface area contributed by atoms with Gasteiger partial charge in [0, 0.05) is 6.20 Å². The maximum Gasteiger partial charge on any atom is 0.139 e. The first-order chi connectivity index (χ1) is 7.19. The molecule has 80 valence electrons. The molecule has 0 unspecified atom stereocenters. The largest absolute Gasteiger partial charge is 0.396 e. The molecule has 6 heteroatoms. The SMILES string of the molecule is CCc1nnc(Cn2cc(N)c(C)n2)s1. The Hall–Kier alpha value is -1.43. The Labute approximate surface area is 91.9 Å². The van der Waals surface area contributed by atoms with E-state index >= 15 is 0 Å². The first-order valence-corrected chi connectivity index (χ1v) is 5.61. The quantitative estimate of drug-likeness (QED) is 0.849. The van der Waals surface area contributed by atoms with Gasteiger partial charge in [-0.2, -0.15) is 5.10 Å². The summed E-state index contributed by atoms with van der Waals surface area (Å²) in [5.74, 6) is 0. The van der Waals surface area contributed by atoms with Crippen LogP contribution in [0.5, 0.6) is 0 Å². The fourth-order valence-corrected chi connectivity index (χ4v) is 2.02. The van der Waals surface area contributed by atoms with Crippen LogP contribution in [-0.4, -0.2) is 20.0 Å². The van der Waals surface area contributed by atoms with Crippen LogP contribution in [0.15, 0.2) is 6.20 Å². The van der Waals surface area contributed by atoms with Gasteiger partial charge in [-0.25, -0.2) is 0 Å². The molecule has 2 rings (SSSR count). The summed E-state index contributed by atoms with van der Waals surface area (Å²) in [5, 5.41) is 14.4. The van der Waals surface area contributed by atoms with Gasteiger partial charge in [-0.05, 0) is 13.3 Å². The van der Waals surface area contributed by atoms with E-state index in [0.29, 0.717) is 6.54 Å². The fraction of sp³-hybridized carbons (Fsp3) is 0.444. The van der Waals surface area contributed by atoms with Gasteiger partial charge in [-0.15, -0.1) is 10.2 Å². The zero-order valence-electron chi connectivity index (χ0n) is 8.77. The molecule has 0 aliphatic rings. The third-order valence-electron chi connectivity index (χ3n) is 2.09. The molecule has 2 N–H and O–H groups in total. The second-order valence-corrected chi connectivity index (χ2v) is 4.46. The van der Waals surface area contributed by atoms with Gasteiger partial charge < -0.3 is 5.73 Å². The zero-order valence-corrected chi connectivity index (χ0v) is 9.58. The maximum absolute atomic E-state index is 5.71.